The number of fused-ring (bicyclic) bond motifs is 2. The fourth-order valence-corrected chi connectivity index (χ4v) is 3.84. The molecule has 0 saturated carbocycles. The molecule has 1 atom stereocenters. The summed E-state index contributed by atoms with van der Waals surface area (Å²) in [6, 6.07) is 4.40. The van der Waals surface area contributed by atoms with Crippen LogP contribution in [0.3, 0.4) is 0 Å². The summed E-state index contributed by atoms with van der Waals surface area (Å²) < 4.78 is 17.8. The summed E-state index contributed by atoms with van der Waals surface area (Å²) in [6.45, 7) is 7.15. The molecule has 0 aliphatic heterocycles. The Morgan fingerprint density at radius 2 is 1.95 bits per heavy atom. The van der Waals surface area contributed by atoms with Gasteiger partial charge in [0.1, 0.15) is 24.3 Å². The lowest BCUT2D eigenvalue weighted by atomic mass is 10.2. The summed E-state index contributed by atoms with van der Waals surface area (Å²) >= 11 is 6.22. The first-order valence-electron chi connectivity index (χ1n) is 11.9. The summed E-state index contributed by atoms with van der Waals surface area (Å²) in [6.07, 6.45) is 2.11. The molecule has 4 aromatic rings. The fraction of sp³-hybridized carbons (Fsp3) is 0.360. The number of benzene rings is 1. The monoisotopic (exact) mass is 556 g/mol. The van der Waals surface area contributed by atoms with Crippen molar-refractivity contribution < 1.29 is 23.8 Å². The molecule has 0 unspecified atom stereocenters. The van der Waals surface area contributed by atoms with E-state index in [0.29, 0.717) is 33.9 Å². The number of halogens is 1. The maximum absolute atomic E-state index is 13.1. The van der Waals surface area contributed by atoms with Crippen molar-refractivity contribution in [1.29, 1.82) is 0 Å². The maximum atomic E-state index is 13.1. The van der Waals surface area contributed by atoms with E-state index in [-0.39, 0.29) is 23.1 Å². The van der Waals surface area contributed by atoms with Gasteiger partial charge in [-0.2, -0.15) is 5.10 Å². The lowest BCUT2D eigenvalue weighted by molar-refractivity contribution is 0.0589. The number of carbonyl (C=O) groups excluding carboxylic acids is 2. The van der Waals surface area contributed by atoms with E-state index in [1.807, 2.05) is 0 Å². The molecule has 2 amide bonds. The van der Waals surface area contributed by atoms with Crippen LogP contribution < -0.4 is 25.4 Å². The van der Waals surface area contributed by atoms with Gasteiger partial charge in [0.15, 0.2) is 16.5 Å². The Bertz CT molecular complexity index is 1550. The van der Waals surface area contributed by atoms with Gasteiger partial charge in [-0.1, -0.05) is 11.6 Å². The van der Waals surface area contributed by atoms with Gasteiger partial charge in [0.05, 0.1) is 41.6 Å². The van der Waals surface area contributed by atoms with E-state index in [2.05, 4.69) is 25.4 Å². The Balaban J connectivity index is 1.50. The van der Waals surface area contributed by atoms with Crippen LogP contribution in [0, 0.1) is 0 Å². The average molecular weight is 557 g/mol. The Kier molecular flexibility index (Phi) is 7.63. The largest absolute Gasteiger partial charge is 0.495 e. The SMILES string of the molecule is COc1cc2ncnc(OC[C@@H](C)NC(=O)c3cnc4c(N(C)C(=O)OC(C)(C)C)cc(Cl)nn34)c2cc1N. The van der Waals surface area contributed by atoms with E-state index in [4.69, 9.17) is 31.5 Å². The number of hydrogen-bond acceptors (Lipinski definition) is 10. The molecule has 0 bridgehead atoms. The van der Waals surface area contributed by atoms with Crippen molar-refractivity contribution in [3.8, 4) is 11.6 Å². The molecule has 0 saturated heterocycles. The number of nitrogen functional groups attached to an aromatic ring is 1. The summed E-state index contributed by atoms with van der Waals surface area (Å²) in [7, 11) is 3.04. The number of rotatable bonds is 7. The molecule has 1 aromatic carbocycles. The minimum Gasteiger partial charge on any atom is -0.495 e. The summed E-state index contributed by atoms with van der Waals surface area (Å²) in [4.78, 5) is 39.7. The normalized spacial score (nSPS) is 12.3. The van der Waals surface area contributed by atoms with E-state index < -0.39 is 23.6 Å². The fourth-order valence-electron chi connectivity index (χ4n) is 3.67. The standard InChI is InChI=1S/C25H29ClN8O5/c1-13(11-38-23-14-7-15(27)19(37-6)8-16(14)29-12-30-23)31-22(35)18-10-28-21-17(9-20(26)32-34(18)21)33(5)24(36)39-25(2,3)4/h7-10,12-13H,11,27H2,1-6H3,(H,31,35)/t13-/m1/s1. The third-order valence-electron chi connectivity index (χ3n) is 5.48. The topological polar surface area (TPSA) is 159 Å². The van der Waals surface area contributed by atoms with Crippen LogP contribution in [0.25, 0.3) is 16.6 Å². The maximum Gasteiger partial charge on any atom is 0.414 e. The number of nitrogens with two attached hydrogens (primary N) is 1. The molecule has 3 N–H and O–H groups in total. The highest BCUT2D eigenvalue weighted by molar-refractivity contribution is 6.29. The van der Waals surface area contributed by atoms with Crippen LogP contribution in [0.2, 0.25) is 5.15 Å². The molecule has 3 heterocycles. The molecule has 0 aliphatic rings. The van der Waals surface area contributed by atoms with Gasteiger partial charge < -0.3 is 25.3 Å². The molecule has 0 radical (unpaired) electrons. The van der Waals surface area contributed by atoms with Crippen molar-refractivity contribution in [2.75, 3.05) is 31.4 Å². The number of methoxy groups -OCH3 is 1. The Labute approximate surface area is 229 Å². The number of anilines is 2. The van der Waals surface area contributed by atoms with Crippen molar-refractivity contribution in [3.05, 3.63) is 41.6 Å². The van der Waals surface area contributed by atoms with Gasteiger partial charge in [-0.25, -0.2) is 24.3 Å². The van der Waals surface area contributed by atoms with Gasteiger partial charge in [0.2, 0.25) is 5.88 Å². The molecule has 13 nitrogen and oxygen atoms in total. The molecule has 0 fully saturated rings. The molecule has 14 heteroatoms. The number of nitrogens with zero attached hydrogens (tertiary/aromatic N) is 6. The van der Waals surface area contributed by atoms with Crippen LogP contribution in [0.15, 0.2) is 30.7 Å². The molecule has 3 aromatic heterocycles. The first-order valence-corrected chi connectivity index (χ1v) is 12.3. The van der Waals surface area contributed by atoms with Crippen molar-refractivity contribution in [1.82, 2.24) is 29.9 Å². The lowest BCUT2D eigenvalue weighted by Crippen LogP contribution is -2.37. The molecule has 0 spiro atoms. The zero-order valence-electron chi connectivity index (χ0n) is 22.4. The van der Waals surface area contributed by atoms with Gasteiger partial charge in [-0.15, -0.1) is 0 Å². The predicted molar refractivity (Wildman–Crippen MR) is 146 cm³/mol. The van der Waals surface area contributed by atoms with Crippen LogP contribution in [-0.2, 0) is 4.74 Å². The predicted octanol–water partition coefficient (Wildman–Crippen LogP) is 3.49. The highest BCUT2D eigenvalue weighted by Crippen LogP contribution is 2.31. The highest BCUT2D eigenvalue weighted by atomic mass is 35.5. The van der Waals surface area contributed by atoms with E-state index in [1.54, 1.807) is 39.8 Å². The second-order valence-corrected chi connectivity index (χ2v) is 10.1. The first-order chi connectivity index (χ1) is 18.4. The zero-order valence-corrected chi connectivity index (χ0v) is 23.1. The number of aromatic nitrogens is 5. The van der Waals surface area contributed by atoms with Gasteiger partial charge >= 0.3 is 6.09 Å². The molecule has 0 aliphatic carbocycles. The minimum absolute atomic E-state index is 0.0582. The van der Waals surface area contributed by atoms with Crippen molar-refractivity contribution >= 4 is 51.5 Å². The average Bonchev–Trinajstić information content (AvgIpc) is 3.29. The number of amides is 2. The number of hydrogen-bond donors (Lipinski definition) is 2. The molecule has 39 heavy (non-hydrogen) atoms. The Hall–Kier alpha value is -4.39. The van der Waals surface area contributed by atoms with E-state index in [0.717, 1.165) is 0 Å². The lowest BCUT2D eigenvalue weighted by Gasteiger charge is -2.24. The second-order valence-electron chi connectivity index (χ2n) is 9.75. The number of carbonyl (C=O) groups is 2. The minimum atomic E-state index is -0.700. The highest BCUT2D eigenvalue weighted by Gasteiger charge is 2.25. The van der Waals surface area contributed by atoms with Crippen LogP contribution in [0.5, 0.6) is 11.6 Å². The number of nitrogens with one attached hydrogen (secondary N) is 1. The quantitative estimate of drug-likeness (QED) is 0.322. The summed E-state index contributed by atoms with van der Waals surface area (Å²) in [5.74, 6) is 0.337. The van der Waals surface area contributed by atoms with Crippen LogP contribution in [0.1, 0.15) is 38.2 Å². The Morgan fingerprint density at radius 1 is 1.21 bits per heavy atom. The van der Waals surface area contributed by atoms with Gasteiger partial charge in [0.25, 0.3) is 5.91 Å². The first kappa shape index (κ1) is 27.6. The van der Waals surface area contributed by atoms with Crippen LogP contribution in [0.4, 0.5) is 16.2 Å². The molecule has 4 rings (SSSR count). The van der Waals surface area contributed by atoms with Gasteiger partial charge in [0, 0.05) is 19.2 Å². The van der Waals surface area contributed by atoms with Gasteiger partial charge in [-0.3, -0.25) is 9.69 Å². The van der Waals surface area contributed by atoms with E-state index in [9.17, 15) is 9.59 Å². The van der Waals surface area contributed by atoms with E-state index in [1.165, 1.54) is 42.2 Å². The zero-order chi connectivity index (χ0) is 28.5. The van der Waals surface area contributed by atoms with Crippen LogP contribution >= 0.6 is 11.6 Å². The molecule has 206 valence electrons. The Morgan fingerprint density at radius 3 is 2.64 bits per heavy atom. The van der Waals surface area contributed by atoms with Crippen LogP contribution in [-0.4, -0.2) is 69.0 Å². The summed E-state index contributed by atoms with van der Waals surface area (Å²) in [5, 5.41) is 7.71. The third-order valence-corrected chi connectivity index (χ3v) is 5.66. The van der Waals surface area contributed by atoms with E-state index >= 15 is 0 Å². The summed E-state index contributed by atoms with van der Waals surface area (Å²) in [5.41, 5.74) is 7.04. The van der Waals surface area contributed by atoms with Crippen molar-refractivity contribution in [3.63, 3.8) is 0 Å². The molecular weight excluding hydrogens is 528 g/mol. The van der Waals surface area contributed by atoms with Crippen molar-refractivity contribution in [2.24, 2.45) is 0 Å². The van der Waals surface area contributed by atoms with Crippen molar-refractivity contribution in [2.45, 2.75) is 39.3 Å². The smallest absolute Gasteiger partial charge is 0.414 e. The second kappa shape index (κ2) is 10.8. The third kappa shape index (κ3) is 6.03. The number of imidazole rings is 1. The number of ether oxygens (including phenoxy) is 3. The molecular formula is C25H29ClN8O5. The van der Waals surface area contributed by atoms with Gasteiger partial charge in [-0.05, 0) is 33.8 Å².